The molecule has 0 aliphatic rings. The van der Waals surface area contributed by atoms with Gasteiger partial charge >= 0.3 is 0 Å². The molecule has 4 N–H and O–H groups in total. The Labute approximate surface area is 76.2 Å². The molecule has 0 aliphatic carbocycles. The number of rotatable bonds is 3. The van der Waals surface area contributed by atoms with Crippen molar-refractivity contribution in [2.24, 2.45) is 5.73 Å². The van der Waals surface area contributed by atoms with Crippen LogP contribution >= 0.6 is 0 Å². The predicted octanol–water partition coefficient (Wildman–Crippen LogP) is 0.906. The summed E-state index contributed by atoms with van der Waals surface area (Å²) in [6.07, 6.45) is 4.65. The minimum atomic E-state index is 0.648. The monoisotopic (exact) mass is 176 g/mol. The van der Waals surface area contributed by atoms with Gasteiger partial charge in [0.05, 0.1) is 5.69 Å². The summed E-state index contributed by atoms with van der Waals surface area (Å²) in [5.41, 5.74) is 8.58. The third kappa shape index (κ3) is 1.62. The van der Waals surface area contributed by atoms with Gasteiger partial charge in [0.1, 0.15) is 0 Å². The fourth-order valence-corrected chi connectivity index (χ4v) is 1.28. The zero-order valence-corrected chi connectivity index (χ0v) is 7.25. The Morgan fingerprint density at radius 2 is 2.38 bits per heavy atom. The Balaban J connectivity index is 2.23. The number of aromatic amines is 2. The molecular formula is C9H12N4. The summed E-state index contributed by atoms with van der Waals surface area (Å²) < 4.78 is 0. The van der Waals surface area contributed by atoms with E-state index in [4.69, 9.17) is 5.73 Å². The third-order valence-electron chi connectivity index (χ3n) is 1.94. The Bertz CT molecular complexity index is 361. The molecule has 2 aromatic rings. The highest BCUT2D eigenvalue weighted by Gasteiger charge is 2.02. The van der Waals surface area contributed by atoms with Crippen molar-refractivity contribution < 1.29 is 0 Å². The maximum atomic E-state index is 5.43. The Morgan fingerprint density at radius 1 is 1.46 bits per heavy atom. The molecule has 2 aromatic heterocycles. The first-order chi connectivity index (χ1) is 6.40. The minimum absolute atomic E-state index is 0.648. The quantitative estimate of drug-likeness (QED) is 0.650. The maximum absolute atomic E-state index is 5.43. The molecule has 13 heavy (non-hydrogen) atoms. The van der Waals surface area contributed by atoms with Crippen molar-refractivity contribution in [1.29, 1.82) is 0 Å². The van der Waals surface area contributed by atoms with E-state index in [0.717, 1.165) is 23.4 Å². The van der Waals surface area contributed by atoms with Crippen LogP contribution in [0, 0.1) is 0 Å². The average molecular weight is 176 g/mol. The van der Waals surface area contributed by atoms with Crippen LogP contribution in [0.4, 0.5) is 0 Å². The first kappa shape index (κ1) is 8.07. The standard InChI is InChI=1S/C9H12N4/c10-3-1-8-5-9(13-12-8)7-2-4-11-6-7/h2,4-6,11H,1,3,10H2,(H,12,13). The zero-order valence-electron chi connectivity index (χ0n) is 7.25. The molecule has 2 heterocycles. The van der Waals surface area contributed by atoms with Gasteiger partial charge in [-0.25, -0.2) is 0 Å². The van der Waals surface area contributed by atoms with E-state index in [2.05, 4.69) is 15.2 Å². The van der Waals surface area contributed by atoms with Gasteiger partial charge in [-0.15, -0.1) is 0 Å². The Hall–Kier alpha value is -1.55. The number of hydrogen-bond acceptors (Lipinski definition) is 2. The summed E-state index contributed by atoms with van der Waals surface area (Å²) in [5.74, 6) is 0. The molecule has 68 valence electrons. The SMILES string of the molecule is NCCc1cc(-c2cc[nH]c2)n[nH]1. The van der Waals surface area contributed by atoms with Crippen LogP contribution in [0.2, 0.25) is 0 Å². The normalized spacial score (nSPS) is 10.5. The highest BCUT2D eigenvalue weighted by molar-refractivity contribution is 5.57. The zero-order chi connectivity index (χ0) is 9.10. The van der Waals surface area contributed by atoms with Crippen LogP contribution in [0.25, 0.3) is 11.3 Å². The third-order valence-corrected chi connectivity index (χ3v) is 1.94. The smallest absolute Gasteiger partial charge is 0.0938 e. The maximum Gasteiger partial charge on any atom is 0.0938 e. The van der Waals surface area contributed by atoms with Crippen LogP contribution in [-0.2, 0) is 6.42 Å². The molecule has 0 saturated heterocycles. The lowest BCUT2D eigenvalue weighted by atomic mass is 10.2. The summed E-state index contributed by atoms with van der Waals surface area (Å²) >= 11 is 0. The van der Waals surface area contributed by atoms with Crippen LogP contribution in [0.1, 0.15) is 5.69 Å². The van der Waals surface area contributed by atoms with E-state index in [0.29, 0.717) is 6.54 Å². The van der Waals surface area contributed by atoms with Crippen LogP contribution in [0.15, 0.2) is 24.5 Å². The van der Waals surface area contributed by atoms with E-state index < -0.39 is 0 Å². The Kier molecular flexibility index (Phi) is 2.14. The van der Waals surface area contributed by atoms with Crippen LogP contribution < -0.4 is 5.73 Å². The number of aromatic nitrogens is 3. The van der Waals surface area contributed by atoms with Crippen molar-refractivity contribution in [2.45, 2.75) is 6.42 Å². The second-order valence-electron chi connectivity index (χ2n) is 2.92. The number of nitrogens with two attached hydrogens (primary N) is 1. The summed E-state index contributed by atoms with van der Waals surface area (Å²) in [7, 11) is 0. The van der Waals surface area contributed by atoms with E-state index in [1.165, 1.54) is 0 Å². The lowest BCUT2D eigenvalue weighted by Gasteiger charge is -1.87. The van der Waals surface area contributed by atoms with E-state index in [1.54, 1.807) is 0 Å². The fourth-order valence-electron chi connectivity index (χ4n) is 1.28. The van der Waals surface area contributed by atoms with E-state index >= 15 is 0 Å². The van der Waals surface area contributed by atoms with Gasteiger partial charge < -0.3 is 10.7 Å². The van der Waals surface area contributed by atoms with Crippen molar-refractivity contribution in [2.75, 3.05) is 6.54 Å². The molecule has 2 rings (SSSR count). The Morgan fingerprint density at radius 3 is 3.08 bits per heavy atom. The lowest BCUT2D eigenvalue weighted by Crippen LogP contribution is -2.02. The van der Waals surface area contributed by atoms with E-state index in [-0.39, 0.29) is 0 Å². The van der Waals surface area contributed by atoms with Gasteiger partial charge in [-0.3, -0.25) is 5.10 Å². The molecule has 0 unspecified atom stereocenters. The summed E-state index contributed by atoms with van der Waals surface area (Å²) in [4.78, 5) is 2.99. The van der Waals surface area contributed by atoms with E-state index in [9.17, 15) is 0 Å². The van der Waals surface area contributed by atoms with Gasteiger partial charge in [0.15, 0.2) is 0 Å². The van der Waals surface area contributed by atoms with Gasteiger partial charge in [-0.1, -0.05) is 0 Å². The van der Waals surface area contributed by atoms with Crippen LogP contribution in [0.5, 0.6) is 0 Å². The summed E-state index contributed by atoms with van der Waals surface area (Å²) in [6.45, 7) is 0.648. The molecule has 0 amide bonds. The first-order valence-corrected chi connectivity index (χ1v) is 4.27. The molecule has 0 bridgehead atoms. The summed E-state index contributed by atoms with van der Waals surface area (Å²) in [6, 6.07) is 4.01. The molecule has 0 atom stereocenters. The number of H-pyrrole nitrogens is 2. The average Bonchev–Trinajstić information content (AvgIpc) is 2.70. The fraction of sp³-hybridized carbons (Fsp3) is 0.222. The summed E-state index contributed by atoms with van der Waals surface area (Å²) in [5, 5.41) is 7.13. The topological polar surface area (TPSA) is 70.5 Å². The van der Waals surface area contributed by atoms with Gasteiger partial charge in [0.25, 0.3) is 0 Å². The van der Waals surface area contributed by atoms with Crippen LogP contribution in [-0.4, -0.2) is 21.7 Å². The van der Waals surface area contributed by atoms with Crippen molar-refractivity contribution >= 4 is 0 Å². The van der Waals surface area contributed by atoms with Crippen molar-refractivity contribution in [3.05, 3.63) is 30.2 Å². The van der Waals surface area contributed by atoms with E-state index in [1.807, 2.05) is 24.5 Å². The number of nitrogens with zero attached hydrogens (tertiary/aromatic N) is 1. The second kappa shape index (κ2) is 3.45. The molecule has 0 aliphatic heterocycles. The van der Waals surface area contributed by atoms with Crippen LogP contribution in [0.3, 0.4) is 0 Å². The number of nitrogens with one attached hydrogen (secondary N) is 2. The predicted molar refractivity (Wildman–Crippen MR) is 51.1 cm³/mol. The highest BCUT2D eigenvalue weighted by atomic mass is 15.1. The van der Waals surface area contributed by atoms with Gasteiger partial charge in [-0.2, -0.15) is 5.10 Å². The van der Waals surface area contributed by atoms with Gasteiger partial charge in [-0.05, 0) is 18.7 Å². The molecule has 0 fully saturated rings. The van der Waals surface area contributed by atoms with Crippen molar-refractivity contribution in [1.82, 2.24) is 15.2 Å². The second-order valence-corrected chi connectivity index (χ2v) is 2.92. The lowest BCUT2D eigenvalue weighted by molar-refractivity contribution is 0.902. The molecule has 0 aromatic carbocycles. The molecule has 0 spiro atoms. The van der Waals surface area contributed by atoms with Gasteiger partial charge in [0, 0.05) is 30.1 Å². The first-order valence-electron chi connectivity index (χ1n) is 4.27. The van der Waals surface area contributed by atoms with Crippen molar-refractivity contribution in [3.63, 3.8) is 0 Å². The molecular weight excluding hydrogens is 164 g/mol. The minimum Gasteiger partial charge on any atom is -0.367 e. The molecule has 0 radical (unpaired) electrons. The number of hydrogen-bond donors (Lipinski definition) is 3. The van der Waals surface area contributed by atoms with Gasteiger partial charge in [0.2, 0.25) is 0 Å². The largest absolute Gasteiger partial charge is 0.367 e. The highest BCUT2D eigenvalue weighted by Crippen LogP contribution is 2.16. The van der Waals surface area contributed by atoms with Crippen molar-refractivity contribution in [3.8, 4) is 11.3 Å². The molecule has 4 heteroatoms. The molecule has 4 nitrogen and oxygen atoms in total. The molecule has 0 saturated carbocycles.